The molecule has 2 heterocycles. The molecule has 2 aromatic carbocycles. The van der Waals surface area contributed by atoms with Gasteiger partial charge in [0.1, 0.15) is 17.4 Å². The maximum atomic E-state index is 12.3. The summed E-state index contributed by atoms with van der Waals surface area (Å²) in [5.74, 6) is 0.947. The molecule has 0 aliphatic carbocycles. The molecule has 0 saturated carbocycles. The number of hydrazone groups is 1. The number of ether oxygens (including phenoxy) is 1. The van der Waals surface area contributed by atoms with E-state index in [4.69, 9.17) is 4.74 Å². The molecule has 0 radical (unpaired) electrons. The largest absolute Gasteiger partial charge is 0.494 e. The Hall–Kier alpha value is -3.96. The zero-order valence-corrected chi connectivity index (χ0v) is 19.0. The van der Waals surface area contributed by atoms with Crippen molar-refractivity contribution < 1.29 is 4.74 Å². The second-order valence-electron chi connectivity index (χ2n) is 8.16. The Morgan fingerprint density at radius 1 is 1.15 bits per heavy atom. The summed E-state index contributed by atoms with van der Waals surface area (Å²) >= 11 is 0. The molecule has 2 N–H and O–H groups in total. The third kappa shape index (κ3) is 6.30. The third-order valence-corrected chi connectivity index (χ3v) is 5.66. The molecule has 1 saturated heterocycles. The number of anilines is 1. The minimum absolute atomic E-state index is 0.0362. The van der Waals surface area contributed by atoms with E-state index in [-0.39, 0.29) is 11.5 Å². The van der Waals surface area contributed by atoms with Crippen molar-refractivity contribution in [3.63, 3.8) is 0 Å². The van der Waals surface area contributed by atoms with E-state index in [2.05, 4.69) is 25.4 Å². The lowest BCUT2D eigenvalue weighted by atomic mass is 10.1. The average Bonchev–Trinajstić information content (AvgIpc) is 2.88. The molecular formula is C26H28N6O2. The quantitative estimate of drug-likeness (QED) is 0.286. The number of nitriles is 1. The SMILES string of the molecule is N#Cc1c(-c2ccccc2)nc(NN=Cc2cccc(OCCCN3CCCCC3)c2)[nH]c1=O. The van der Waals surface area contributed by atoms with Gasteiger partial charge in [0, 0.05) is 12.1 Å². The summed E-state index contributed by atoms with van der Waals surface area (Å²) in [7, 11) is 0. The molecule has 0 spiro atoms. The Morgan fingerprint density at radius 3 is 2.76 bits per heavy atom. The van der Waals surface area contributed by atoms with Crippen LogP contribution in [0, 0.1) is 11.3 Å². The van der Waals surface area contributed by atoms with Crippen LogP contribution < -0.4 is 15.7 Å². The van der Waals surface area contributed by atoms with Crippen molar-refractivity contribution in [2.24, 2.45) is 5.10 Å². The first-order valence-corrected chi connectivity index (χ1v) is 11.6. The first kappa shape index (κ1) is 23.2. The summed E-state index contributed by atoms with van der Waals surface area (Å²) in [5.41, 5.74) is 4.03. The molecular weight excluding hydrogens is 428 g/mol. The van der Waals surface area contributed by atoms with Gasteiger partial charge < -0.3 is 9.64 Å². The van der Waals surface area contributed by atoms with E-state index >= 15 is 0 Å². The van der Waals surface area contributed by atoms with Crippen LogP contribution in [0.3, 0.4) is 0 Å². The normalized spacial score (nSPS) is 14.1. The fraction of sp³-hybridized carbons (Fsp3) is 0.308. The molecule has 0 amide bonds. The molecule has 0 bridgehead atoms. The van der Waals surface area contributed by atoms with Gasteiger partial charge in [-0.2, -0.15) is 10.4 Å². The van der Waals surface area contributed by atoms with Crippen LogP contribution in [0.15, 0.2) is 64.5 Å². The molecule has 8 heteroatoms. The van der Waals surface area contributed by atoms with Crippen molar-refractivity contribution in [3.8, 4) is 23.1 Å². The number of H-pyrrole nitrogens is 1. The van der Waals surface area contributed by atoms with Crippen LogP contribution in [0.5, 0.6) is 5.75 Å². The van der Waals surface area contributed by atoms with Gasteiger partial charge in [-0.15, -0.1) is 0 Å². The number of nitrogens with one attached hydrogen (secondary N) is 2. The second-order valence-corrected chi connectivity index (χ2v) is 8.16. The van der Waals surface area contributed by atoms with E-state index in [9.17, 15) is 10.1 Å². The molecule has 1 fully saturated rings. The smallest absolute Gasteiger partial charge is 0.270 e. The molecule has 0 atom stereocenters. The minimum atomic E-state index is -0.519. The Bertz CT molecular complexity index is 1210. The fourth-order valence-electron chi connectivity index (χ4n) is 3.95. The minimum Gasteiger partial charge on any atom is -0.494 e. The first-order valence-electron chi connectivity index (χ1n) is 11.6. The van der Waals surface area contributed by atoms with Gasteiger partial charge in [-0.25, -0.2) is 10.4 Å². The predicted molar refractivity (Wildman–Crippen MR) is 133 cm³/mol. The van der Waals surface area contributed by atoms with Crippen molar-refractivity contribution in [2.45, 2.75) is 25.7 Å². The Labute approximate surface area is 198 Å². The highest BCUT2D eigenvalue weighted by atomic mass is 16.5. The van der Waals surface area contributed by atoms with E-state index in [1.807, 2.05) is 48.5 Å². The number of aromatic amines is 1. The van der Waals surface area contributed by atoms with E-state index in [1.165, 1.54) is 32.4 Å². The van der Waals surface area contributed by atoms with E-state index in [0.29, 0.717) is 17.9 Å². The highest BCUT2D eigenvalue weighted by molar-refractivity contribution is 5.80. The van der Waals surface area contributed by atoms with Crippen LogP contribution in [0.2, 0.25) is 0 Å². The molecule has 34 heavy (non-hydrogen) atoms. The standard InChI is InChI=1S/C26H28N6O2/c27-18-23-24(21-10-3-1-4-11-21)29-26(30-25(23)33)31-28-19-20-9-7-12-22(17-20)34-16-8-15-32-13-5-2-6-14-32/h1,3-4,7,9-12,17,19H,2,5-6,8,13-16H2,(H2,29,30,31,33). The van der Waals surface area contributed by atoms with Gasteiger partial charge in [-0.1, -0.05) is 48.9 Å². The number of hydrogen-bond donors (Lipinski definition) is 2. The summed E-state index contributed by atoms with van der Waals surface area (Å²) < 4.78 is 5.91. The van der Waals surface area contributed by atoms with Gasteiger partial charge in [-0.05, 0) is 50.0 Å². The third-order valence-electron chi connectivity index (χ3n) is 5.66. The van der Waals surface area contributed by atoms with Gasteiger partial charge in [0.05, 0.1) is 18.5 Å². The van der Waals surface area contributed by atoms with Gasteiger partial charge in [0.2, 0.25) is 5.95 Å². The van der Waals surface area contributed by atoms with Crippen LogP contribution in [-0.4, -0.2) is 47.3 Å². The Morgan fingerprint density at radius 2 is 1.97 bits per heavy atom. The van der Waals surface area contributed by atoms with E-state index in [1.54, 1.807) is 18.3 Å². The van der Waals surface area contributed by atoms with Crippen molar-refractivity contribution >= 4 is 12.2 Å². The van der Waals surface area contributed by atoms with Gasteiger partial charge in [0.15, 0.2) is 0 Å². The van der Waals surface area contributed by atoms with Crippen LogP contribution in [0.25, 0.3) is 11.3 Å². The Kier molecular flexibility index (Phi) is 8.04. The molecule has 8 nitrogen and oxygen atoms in total. The average molecular weight is 457 g/mol. The Balaban J connectivity index is 1.36. The number of nitrogens with zero attached hydrogens (tertiary/aromatic N) is 4. The summed E-state index contributed by atoms with van der Waals surface area (Å²) in [6.45, 7) is 4.15. The maximum absolute atomic E-state index is 12.3. The van der Waals surface area contributed by atoms with Crippen LogP contribution in [-0.2, 0) is 0 Å². The highest BCUT2D eigenvalue weighted by Crippen LogP contribution is 2.19. The van der Waals surface area contributed by atoms with Gasteiger partial charge in [0.25, 0.3) is 5.56 Å². The molecule has 3 aromatic rings. The molecule has 1 aliphatic rings. The number of likely N-dealkylation sites (tertiary alicyclic amines) is 1. The molecule has 0 unspecified atom stereocenters. The topological polar surface area (TPSA) is 106 Å². The zero-order chi connectivity index (χ0) is 23.6. The van der Waals surface area contributed by atoms with Crippen molar-refractivity contribution in [3.05, 3.63) is 76.1 Å². The predicted octanol–water partition coefficient (Wildman–Crippen LogP) is 4.01. The van der Waals surface area contributed by atoms with Crippen LogP contribution in [0.4, 0.5) is 5.95 Å². The molecule has 174 valence electrons. The van der Waals surface area contributed by atoms with Crippen LogP contribution >= 0.6 is 0 Å². The van der Waals surface area contributed by atoms with Crippen molar-refractivity contribution in [1.82, 2.24) is 14.9 Å². The summed E-state index contributed by atoms with van der Waals surface area (Å²) in [6, 6.07) is 18.7. The number of aromatic nitrogens is 2. The number of piperidine rings is 1. The fourth-order valence-corrected chi connectivity index (χ4v) is 3.95. The first-order chi connectivity index (χ1) is 16.7. The summed E-state index contributed by atoms with van der Waals surface area (Å²) in [4.78, 5) is 21.8. The zero-order valence-electron chi connectivity index (χ0n) is 19.0. The van der Waals surface area contributed by atoms with Crippen LogP contribution in [0.1, 0.15) is 36.8 Å². The number of benzene rings is 2. The van der Waals surface area contributed by atoms with E-state index < -0.39 is 5.56 Å². The monoisotopic (exact) mass is 456 g/mol. The lowest BCUT2D eigenvalue weighted by molar-refractivity contribution is 0.205. The number of hydrogen-bond acceptors (Lipinski definition) is 7. The lowest BCUT2D eigenvalue weighted by Crippen LogP contribution is -2.31. The van der Waals surface area contributed by atoms with E-state index in [0.717, 1.165) is 24.3 Å². The molecule has 4 rings (SSSR count). The summed E-state index contributed by atoms with van der Waals surface area (Å²) in [5, 5.41) is 13.6. The molecule has 1 aliphatic heterocycles. The van der Waals surface area contributed by atoms with Crippen molar-refractivity contribution in [2.75, 3.05) is 31.7 Å². The molecule has 1 aromatic heterocycles. The van der Waals surface area contributed by atoms with Gasteiger partial charge in [-0.3, -0.25) is 9.78 Å². The van der Waals surface area contributed by atoms with Crippen molar-refractivity contribution in [1.29, 1.82) is 5.26 Å². The highest BCUT2D eigenvalue weighted by Gasteiger charge is 2.13. The lowest BCUT2D eigenvalue weighted by Gasteiger charge is -2.26. The van der Waals surface area contributed by atoms with Gasteiger partial charge >= 0.3 is 0 Å². The number of rotatable bonds is 9. The maximum Gasteiger partial charge on any atom is 0.270 e. The summed E-state index contributed by atoms with van der Waals surface area (Å²) in [6.07, 6.45) is 6.58. The second kappa shape index (κ2) is 11.8.